The van der Waals surface area contributed by atoms with Gasteiger partial charge in [0.1, 0.15) is 5.75 Å². The van der Waals surface area contributed by atoms with Gasteiger partial charge in [-0.15, -0.1) is 0 Å². The van der Waals surface area contributed by atoms with Gasteiger partial charge < -0.3 is 10.1 Å². The van der Waals surface area contributed by atoms with E-state index in [4.69, 9.17) is 4.74 Å². The molecule has 0 fully saturated rings. The topological polar surface area (TPSA) is 84.5 Å². The number of hydrogen-bond acceptors (Lipinski definition) is 4. The summed E-state index contributed by atoms with van der Waals surface area (Å²) in [6.45, 7) is 3.92. The van der Waals surface area contributed by atoms with Gasteiger partial charge in [0.05, 0.1) is 10.6 Å². The molecule has 0 bridgehead atoms. The summed E-state index contributed by atoms with van der Waals surface area (Å²) in [4.78, 5) is 11.6. The molecular formula is C17H18N2O4S. The molecule has 1 amide bonds. The predicted molar refractivity (Wildman–Crippen MR) is 90.5 cm³/mol. The normalized spacial score (nSPS) is 13.8. The number of anilines is 1. The summed E-state index contributed by atoms with van der Waals surface area (Å²) < 4.78 is 32.7. The molecule has 1 aliphatic rings. The zero-order valence-electron chi connectivity index (χ0n) is 13.4. The fourth-order valence-corrected chi connectivity index (χ4v) is 3.49. The summed E-state index contributed by atoms with van der Waals surface area (Å²) in [5, 5.41) is 2.70. The van der Waals surface area contributed by atoms with Crippen molar-refractivity contribution in [2.45, 2.75) is 25.3 Å². The van der Waals surface area contributed by atoms with Crippen molar-refractivity contribution in [3.05, 3.63) is 53.1 Å². The first-order chi connectivity index (χ1) is 11.3. The van der Waals surface area contributed by atoms with Crippen LogP contribution < -0.4 is 14.8 Å². The molecular weight excluding hydrogens is 328 g/mol. The van der Waals surface area contributed by atoms with E-state index in [-0.39, 0.29) is 24.0 Å². The molecule has 6 nitrogen and oxygen atoms in total. The van der Waals surface area contributed by atoms with E-state index in [9.17, 15) is 13.2 Å². The van der Waals surface area contributed by atoms with Gasteiger partial charge in [-0.1, -0.05) is 12.1 Å². The number of benzene rings is 2. The number of nitrogens with one attached hydrogen (secondary N) is 2. The van der Waals surface area contributed by atoms with Crippen LogP contribution in [-0.2, 0) is 21.4 Å². The lowest BCUT2D eigenvalue weighted by atomic mass is 10.1. The van der Waals surface area contributed by atoms with E-state index in [2.05, 4.69) is 10.0 Å². The number of fused-ring (bicyclic) bond motifs is 1. The molecule has 7 heteroatoms. The van der Waals surface area contributed by atoms with Crippen molar-refractivity contribution in [3.8, 4) is 5.75 Å². The second-order valence-electron chi connectivity index (χ2n) is 5.74. The van der Waals surface area contributed by atoms with Gasteiger partial charge in [0.15, 0.2) is 6.61 Å². The third-order valence-corrected chi connectivity index (χ3v) is 5.33. The Kier molecular flexibility index (Phi) is 4.29. The van der Waals surface area contributed by atoms with Crippen molar-refractivity contribution >= 4 is 21.6 Å². The Balaban J connectivity index is 1.76. The molecule has 126 valence electrons. The standard InChI is InChI=1S/C17H18N2O4S/c1-11-3-5-14(7-12(11)2)24(21,22)18-9-13-4-6-16-15(8-13)19-17(20)10-23-16/h3-8,18H,9-10H2,1-2H3,(H,19,20). The minimum Gasteiger partial charge on any atom is -0.482 e. The molecule has 24 heavy (non-hydrogen) atoms. The van der Waals surface area contributed by atoms with Gasteiger partial charge in [0.2, 0.25) is 10.0 Å². The Hall–Kier alpha value is -2.38. The average molecular weight is 346 g/mol. The highest BCUT2D eigenvalue weighted by atomic mass is 32.2. The Morgan fingerprint density at radius 3 is 2.67 bits per heavy atom. The van der Waals surface area contributed by atoms with Crippen molar-refractivity contribution in [1.82, 2.24) is 4.72 Å². The van der Waals surface area contributed by atoms with Crippen molar-refractivity contribution in [3.63, 3.8) is 0 Å². The van der Waals surface area contributed by atoms with E-state index in [0.29, 0.717) is 11.4 Å². The smallest absolute Gasteiger partial charge is 0.262 e. The average Bonchev–Trinajstić information content (AvgIpc) is 2.55. The number of carbonyl (C=O) groups is 1. The maximum Gasteiger partial charge on any atom is 0.262 e. The number of carbonyl (C=O) groups excluding carboxylic acids is 1. The highest BCUT2D eigenvalue weighted by Crippen LogP contribution is 2.28. The van der Waals surface area contributed by atoms with E-state index in [1.807, 2.05) is 13.8 Å². The van der Waals surface area contributed by atoms with Crippen LogP contribution in [0.3, 0.4) is 0 Å². The third kappa shape index (κ3) is 3.42. The highest BCUT2D eigenvalue weighted by molar-refractivity contribution is 7.89. The third-order valence-electron chi connectivity index (χ3n) is 3.93. The van der Waals surface area contributed by atoms with Crippen LogP contribution >= 0.6 is 0 Å². The van der Waals surface area contributed by atoms with Crippen LogP contribution in [0.1, 0.15) is 16.7 Å². The van der Waals surface area contributed by atoms with Crippen LogP contribution in [0, 0.1) is 13.8 Å². The molecule has 1 heterocycles. The monoisotopic (exact) mass is 346 g/mol. The van der Waals surface area contributed by atoms with Gasteiger partial charge in [-0.05, 0) is 54.8 Å². The van der Waals surface area contributed by atoms with Crippen molar-refractivity contribution < 1.29 is 17.9 Å². The van der Waals surface area contributed by atoms with Crippen LogP contribution in [0.4, 0.5) is 5.69 Å². The molecule has 0 unspecified atom stereocenters. The SMILES string of the molecule is Cc1ccc(S(=O)(=O)NCc2ccc3c(c2)NC(=O)CO3)cc1C. The van der Waals surface area contributed by atoms with E-state index in [0.717, 1.165) is 16.7 Å². The first-order valence-electron chi connectivity index (χ1n) is 7.48. The summed E-state index contributed by atoms with van der Waals surface area (Å²) >= 11 is 0. The number of aryl methyl sites for hydroxylation is 2. The molecule has 2 N–H and O–H groups in total. The number of amides is 1. The van der Waals surface area contributed by atoms with E-state index >= 15 is 0 Å². The minimum absolute atomic E-state index is 0.00818. The Morgan fingerprint density at radius 2 is 1.92 bits per heavy atom. The highest BCUT2D eigenvalue weighted by Gasteiger charge is 2.18. The summed E-state index contributed by atoms with van der Waals surface area (Å²) in [7, 11) is -3.60. The molecule has 1 aliphatic heterocycles. The Labute approximate surface area is 140 Å². The molecule has 0 saturated heterocycles. The summed E-state index contributed by atoms with van der Waals surface area (Å²) in [6.07, 6.45) is 0. The second kappa shape index (κ2) is 6.26. The molecule has 0 atom stereocenters. The zero-order valence-corrected chi connectivity index (χ0v) is 14.2. The number of hydrogen-bond donors (Lipinski definition) is 2. The molecule has 0 aliphatic carbocycles. The molecule has 0 saturated carbocycles. The predicted octanol–water partition coefficient (Wildman–Crippen LogP) is 2.11. The first kappa shape index (κ1) is 16.5. The first-order valence-corrected chi connectivity index (χ1v) is 8.96. The lowest BCUT2D eigenvalue weighted by Crippen LogP contribution is -2.26. The number of ether oxygens (including phenoxy) is 1. The lowest BCUT2D eigenvalue weighted by molar-refractivity contribution is -0.118. The minimum atomic E-state index is -3.60. The summed E-state index contributed by atoms with van der Waals surface area (Å²) in [5.41, 5.74) is 3.24. The number of rotatable bonds is 4. The van der Waals surface area contributed by atoms with E-state index < -0.39 is 10.0 Å². The molecule has 2 aromatic carbocycles. The van der Waals surface area contributed by atoms with Crippen molar-refractivity contribution in [1.29, 1.82) is 0 Å². The fraction of sp³-hybridized carbons (Fsp3) is 0.235. The maximum absolute atomic E-state index is 12.4. The zero-order chi connectivity index (χ0) is 17.3. The largest absolute Gasteiger partial charge is 0.482 e. The molecule has 3 rings (SSSR count). The van der Waals surface area contributed by atoms with Crippen LogP contribution in [-0.4, -0.2) is 20.9 Å². The molecule has 0 radical (unpaired) electrons. The van der Waals surface area contributed by atoms with Gasteiger partial charge in [-0.3, -0.25) is 4.79 Å². The molecule has 0 spiro atoms. The van der Waals surface area contributed by atoms with E-state index in [1.54, 1.807) is 36.4 Å². The van der Waals surface area contributed by atoms with Crippen molar-refractivity contribution in [2.24, 2.45) is 0 Å². The fourth-order valence-electron chi connectivity index (χ4n) is 2.38. The second-order valence-corrected chi connectivity index (χ2v) is 7.50. The van der Waals surface area contributed by atoms with Crippen molar-refractivity contribution in [2.75, 3.05) is 11.9 Å². The van der Waals surface area contributed by atoms with Gasteiger partial charge in [-0.2, -0.15) is 0 Å². The van der Waals surface area contributed by atoms with Crippen LogP contribution in [0.15, 0.2) is 41.3 Å². The summed E-state index contributed by atoms with van der Waals surface area (Å²) in [5.74, 6) is 0.353. The maximum atomic E-state index is 12.4. The van der Waals surface area contributed by atoms with Crippen LogP contribution in [0.2, 0.25) is 0 Å². The molecule has 0 aromatic heterocycles. The van der Waals surface area contributed by atoms with E-state index in [1.165, 1.54) is 0 Å². The van der Waals surface area contributed by atoms with Crippen LogP contribution in [0.5, 0.6) is 5.75 Å². The molecule has 2 aromatic rings. The summed E-state index contributed by atoms with van der Waals surface area (Å²) in [6, 6.07) is 10.2. The number of sulfonamides is 1. The van der Waals surface area contributed by atoms with Gasteiger partial charge in [0, 0.05) is 6.54 Å². The van der Waals surface area contributed by atoms with Crippen LogP contribution in [0.25, 0.3) is 0 Å². The quantitative estimate of drug-likeness (QED) is 0.888. The van der Waals surface area contributed by atoms with Gasteiger partial charge in [-0.25, -0.2) is 13.1 Å². The lowest BCUT2D eigenvalue weighted by Gasteiger charge is -2.18. The van der Waals surface area contributed by atoms with Gasteiger partial charge >= 0.3 is 0 Å². The Bertz CT molecular complexity index is 907. The van der Waals surface area contributed by atoms with Gasteiger partial charge in [0.25, 0.3) is 5.91 Å². The Morgan fingerprint density at radius 1 is 1.12 bits per heavy atom.